The van der Waals surface area contributed by atoms with E-state index in [4.69, 9.17) is 0 Å². The Morgan fingerprint density at radius 1 is 1.32 bits per heavy atom. The standard InChI is InChI=1S/C15H29N3O/c1-11(2)14-16-12(3)15(19)18(14)10-7-13-5-8-17(4)9-6-13/h11-14,16H,5-10H2,1-4H3. The third kappa shape index (κ3) is 3.48. The van der Waals surface area contributed by atoms with Gasteiger partial charge in [0, 0.05) is 6.54 Å². The minimum absolute atomic E-state index is 0.00936. The topological polar surface area (TPSA) is 35.6 Å². The van der Waals surface area contributed by atoms with E-state index in [0.29, 0.717) is 5.92 Å². The third-order valence-electron chi connectivity index (χ3n) is 4.66. The van der Waals surface area contributed by atoms with Crippen LogP contribution < -0.4 is 5.32 Å². The zero-order valence-electron chi connectivity index (χ0n) is 12.9. The summed E-state index contributed by atoms with van der Waals surface area (Å²) >= 11 is 0. The smallest absolute Gasteiger partial charge is 0.240 e. The van der Waals surface area contributed by atoms with Crippen molar-refractivity contribution < 1.29 is 4.79 Å². The summed E-state index contributed by atoms with van der Waals surface area (Å²) in [5.74, 6) is 1.56. The first-order valence-electron chi connectivity index (χ1n) is 7.74. The number of likely N-dealkylation sites (tertiary alicyclic amines) is 1. The Morgan fingerprint density at radius 3 is 2.53 bits per heavy atom. The van der Waals surface area contributed by atoms with Crippen molar-refractivity contribution in [3.63, 3.8) is 0 Å². The van der Waals surface area contributed by atoms with Gasteiger partial charge in [0.05, 0.1) is 12.2 Å². The van der Waals surface area contributed by atoms with E-state index < -0.39 is 0 Å². The first-order valence-corrected chi connectivity index (χ1v) is 7.74. The fraction of sp³-hybridized carbons (Fsp3) is 0.933. The summed E-state index contributed by atoms with van der Waals surface area (Å²) < 4.78 is 0. The number of rotatable bonds is 4. The van der Waals surface area contributed by atoms with Crippen LogP contribution in [-0.2, 0) is 4.79 Å². The molecule has 0 radical (unpaired) electrons. The Kier molecular flexibility index (Phi) is 4.85. The number of hydrogen-bond acceptors (Lipinski definition) is 3. The van der Waals surface area contributed by atoms with Crippen LogP contribution in [0.25, 0.3) is 0 Å². The van der Waals surface area contributed by atoms with Gasteiger partial charge >= 0.3 is 0 Å². The molecule has 0 bridgehead atoms. The molecule has 4 heteroatoms. The van der Waals surface area contributed by atoms with Crippen molar-refractivity contribution in [1.82, 2.24) is 15.1 Å². The quantitative estimate of drug-likeness (QED) is 0.839. The lowest BCUT2D eigenvalue weighted by molar-refractivity contribution is -0.130. The Balaban J connectivity index is 1.85. The van der Waals surface area contributed by atoms with Gasteiger partial charge in [-0.2, -0.15) is 0 Å². The summed E-state index contributed by atoms with van der Waals surface area (Å²) in [6, 6.07) is -0.00936. The van der Waals surface area contributed by atoms with E-state index in [1.807, 2.05) is 6.92 Å². The van der Waals surface area contributed by atoms with Crippen molar-refractivity contribution in [2.75, 3.05) is 26.7 Å². The fourth-order valence-corrected chi connectivity index (χ4v) is 3.28. The Morgan fingerprint density at radius 2 is 1.95 bits per heavy atom. The molecular weight excluding hydrogens is 238 g/mol. The van der Waals surface area contributed by atoms with Crippen LogP contribution in [0, 0.1) is 11.8 Å². The van der Waals surface area contributed by atoms with Crippen molar-refractivity contribution >= 4 is 5.91 Å². The molecule has 0 saturated carbocycles. The molecule has 2 saturated heterocycles. The van der Waals surface area contributed by atoms with E-state index in [2.05, 4.69) is 36.0 Å². The normalized spacial score (nSPS) is 30.6. The molecule has 110 valence electrons. The Labute approximate surface area is 117 Å². The predicted molar refractivity (Wildman–Crippen MR) is 77.8 cm³/mol. The molecule has 2 unspecified atom stereocenters. The highest BCUT2D eigenvalue weighted by Gasteiger charge is 2.37. The molecule has 2 aliphatic heterocycles. The van der Waals surface area contributed by atoms with Gasteiger partial charge in [0.25, 0.3) is 0 Å². The molecule has 0 aromatic carbocycles. The van der Waals surface area contributed by atoms with E-state index >= 15 is 0 Å². The van der Waals surface area contributed by atoms with Crippen LogP contribution in [0.2, 0.25) is 0 Å². The Bertz CT molecular complexity index is 311. The van der Waals surface area contributed by atoms with E-state index in [0.717, 1.165) is 18.9 Å². The average Bonchev–Trinajstić information content (AvgIpc) is 2.66. The molecule has 0 aromatic heterocycles. The highest BCUT2D eigenvalue weighted by atomic mass is 16.2. The van der Waals surface area contributed by atoms with Crippen molar-refractivity contribution in [2.24, 2.45) is 11.8 Å². The summed E-state index contributed by atoms with van der Waals surface area (Å²) in [5, 5.41) is 3.42. The second-order valence-corrected chi connectivity index (χ2v) is 6.64. The first kappa shape index (κ1) is 14.8. The van der Waals surface area contributed by atoms with Crippen molar-refractivity contribution in [3.8, 4) is 0 Å². The van der Waals surface area contributed by atoms with Gasteiger partial charge in [-0.15, -0.1) is 0 Å². The highest BCUT2D eigenvalue weighted by Crippen LogP contribution is 2.23. The van der Waals surface area contributed by atoms with E-state index in [9.17, 15) is 4.79 Å². The van der Waals surface area contributed by atoms with E-state index in [1.54, 1.807) is 0 Å². The first-order chi connectivity index (χ1) is 8.99. The molecule has 0 spiro atoms. The average molecular weight is 267 g/mol. The van der Waals surface area contributed by atoms with Crippen LogP contribution in [0.3, 0.4) is 0 Å². The zero-order valence-corrected chi connectivity index (χ0v) is 12.9. The van der Waals surface area contributed by atoms with Gasteiger partial charge in [0.2, 0.25) is 5.91 Å². The van der Waals surface area contributed by atoms with Gasteiger partial charge in [0.15, 0.2) is 0 Å². The number of carbonyl (C=O) groups is 1. The lowest BCUT2D eigenvalue weighted by atomic mass is 9.93. The lowest BCUT2D eigenvalue weighted by Gasteiger charge is -2.32. The molecule has 0 aliphatic carbocycles. The predicted octanol–water partition coefficient (Wildman–Crippen LogP) is 1.52. The molecule has 2 rings (SSSR count). The number of piperidine rings is 1. The molecule has 1 amide bonds. The largest absolute Gasteiger partial charge is 0.326 e. The van der Waals surface area contributed by atoms with Crippen LogP contribution >= 0.6 is 0 Å². The third-order valence-corrected chi connectivity index (χ3v) is 4.66. The minimum atomic E-state index is -0.00936. The summed E-state index contributed by atoms with van der Waals surface area (Å²) in [7, 11) is 2.20. The van der Waals surface area contributed by atoms with Crippen LogP contribution in [0.1, 0.15) is 40.0 Å². The molecule has 0 aromatic rings. The summed E-state index contributed by atoms with van der Waals surface area (Å²) in [6.45, 7) is 9.69. The van der Waals surface area contributed by atoms with Gasteiger partial charge in [-0.1, -0.05) is 13.8 Å². The number of carbonyl (C=O) groups excluding carboxylic acids is 1. The zero-order chi connectivity index (χ0) is 14.0. The molecular formula is C15H29N3O. The van der Waals surface area contributed by atoms with E-state index in [1.165, 1.54) is 25.9 Å². The maximum atomic E-state index is 12.2. The molecule has 2 aliphatic rings. The highest BCUT2D eigenvalue weighted by molar-refractivity contribution is 5.83. The maximum absolute atomic E-state index is 12.2. The lowest BCUT2D eigenvalue weighted by Crippen LogP contribution is -2.42. The van der Waals surface area contributed by atoms with Crippen LogP contribution in [0.4, 0.5) is 0 Å². The molecule has 19 heavy (non-hydrogen) atoms. The molecule has 1 N–H and O–H groups in total. The number of nitrogens with one attached hydrogen (secondary N) is 1. The van der Waals surface area contributed by atoms with Crippen molar-refractivity contribution in [3.05, 3.63) is 0 Å². The summed E-state index contributed by atoms with van der Waals surface area (Å²) in [5.41, 5.74) is 0. The molecule has 2 atom stereocenters. The van der Waals surface area contributed by atoms with Gasteiger partial charge in [0.1, 0.15) is 0 Å². The van der Waals surface area contributed by atoms with Gasteiger partial charge in [-0.05, 0) is 58.2 Å². The number of amides is 1. The Hall–Kier alpha value is -0.610. The second-order valence-electron chi connectivity index (χ2n) is 6.64. The molecule has 4 nitrogen and oxygen atoms in total. The van der Waals surface area contributed by atoms with Gasteiger partial charge in [-0.3, -0.25) is 10.1 Å². The minimum Gasteiger partial charge on any atom is -0.326 e. The maximum Gasteiger partial charge on any atom is 0.240 e. The monoisotopic (exact) mass is 267 g/mol. The summed E-state index contributed by atoms with van der Waals surface area (Å²) in [4.78, 5) is 16.7. The van der Waals surface area contributed by atoms with E-state index in [-0.39, 0.29) is 18.1 Å². The van der Waals surface area contributed by atoms with Crippen LogP contribution in [-0.4, -0.2) is 54.6 Å². The molecule has 2 heterocycles. The SMILES string of the molecule is CC1NC(C(C)C)N(CCC2CCN(C)CC2)C1=O. The van der Waals surface area contributed by atoms with Crippen molar-refractivity contribution in [2.45, 2.75) is 52.2 Å². The van der Waals surface area contributed by atoms with Crippen molar-refractivity contribution in [1.29, 1.82) is 0 Å². The van der Waals surface area contributed by atoms with Crippen LogP contribution in [0.15, 0.2) is 0 Å². The fourth-order valence-electron chi connectivity index (χ4n) is 3.28. The summed E-state index contributed by atoms with van der Waals surface area (Å²) in [6.07, 6.45) is 3.97. The van der Waals surface area contributed by atoms with Crippen LogP contribution in [0.5, 0.6) is 0 Å². The van der Waals surface area contributed by atoms with Gasteiger partial charge in [-0.25, -0.2) is 0 Å². The molecule has 2 fully saturated rings. The number of hydrogen-bond donors (Lipinski definition) is 1. The van der Waals surface area contributed by atoms with Gasteiger partial charge < -0.3 is 9.80 Å². The second kappa shape index (κ2) is 6.23. The number of nitrogens with zero attached hydrogens (tertiary/aromatic N) is 2.